The molecule has 0 spiro atoms. The first-order valence-electron chi connectivity index (χ1n) is 10.7. The molecule has 0 aliphatic carbocycles. The van der Waals surface area contributed by atoms with Crippen LogP contribution in [0.5, 0.6) is 0 Å². The normalized spacial score (nSPS) is 14.1. The van der Waals surface area contributed by atoms with E-state index in [1.54, 1.807) is 24.0 Å². The molecule has 10 heteroatoms. The molecule has 2 heterocycles. The van der Waals surface area contributed by atoms with Crippen LogP contribution in [0.3, 0.4) is 0 Å². The van der Waals surface area contributed by atoms with Gasteiger partial charge in [0.2, 0.25) is 5.91 Å². The number of rotatable bonds is 5. The second-order valence-corrected chi connectivity index (χ2v) is 7.98. The third-order valence-corrected chi connectivity index (χ3v) is 5.78. The maximum absolute atomic E-state index is 14.3. The van der Waals surface area contributed by atoms with Crippen LogP contribution in [-0.4, -0.2) is 59.5 Å². The van der Waals surface area contributed by atoms with Crippen LogP contribution in [0.25, 0.3) is 22.0 Å². The van der Waals surface area contributed by atoms with Crippen LogP contribution in [0.1, 0.15) is 6.92 Å². The first-order chi connectivity index (χ1) is 16.4. The Bertz CT molecular complexity index is 1280. The number of benzene rings is 2. The summed E-state index contributed by atoms with van der Waals surface area (Å²) < 4.78 is 32.4. The van der Waals surface area contributed by atoms with Crippen LogP contribution < -0.4 is 4.90 Å². The van der Waals surface area contributed by atoms with Crippen molar-refractivity contribution in [2.45, 2.75) is 6.92 Å². The van der Waals surface area contributed by atoms with Gasteiger partial charge in [0, 0.05) is 65.9 Å². The Morgan fingerprint density at radius 3 is 2.53 bits per heavy atom. The summed E-state index contributed by atoms with van der Waals surface area (Å²) in [6.07, 6.45) is 3.75. The first-order valence-corrected chi connectivity index (χ1v) is 11.0. The number of esters is 1. The Kier molecular flexibility index (Phi) is 7.02. The number of hydrogen-bond acceptors (Lipinski definition) is 6. The summed E-state index contributed by atoms with van der Waals surface area (Å²) in [5.41, 5.74) is 1.14. The van der Waals surface area contributed by atoms with Crippen LogP contribution in [0.15, 0.2) is 48.8 Å². The van der Waals surface area contributed by atoms with E-state index in [0.717, 1.165) is 12.1 Å². The van der Waals surface area contributed by atoms with E-state index in [0.29, 0.717) is 48.5 Å². The van der Waals surface area contributed by atoms with Crippen molar-refractivity contribution in [2.75, 3.05) is 37.7 Å². The molecule has 1 aliphatic heterocycles. The lowest BCUT2D eigenvalue weighted by molar-refractivity contribution is -0.137. The van der Waals surface area contributed by atoms with E-state index < -0.39 is 17.6 Å². The van der Waals surface area contributed by atoms with Gasteiger partial charge < -0.3 is 14.5 Å². The minimum atomic E-state index is -0.715. The molecule has 1 saturated heterocycles. The molecule has 3 aromatic rings. The van der Waals surface area contributed by atoms with Crippen molar-refractivity contribution in [1.82, 2.24) is 14.9 Å². The predicted octanol–water partition coefficient (Wildman–Crippen LogP) is 4.00. The lowest BCUT2D eigenvalue weighted by Crippen LogP contribution is -2.48. The van der Waals surface area contributed by atoms with Gasteiger partial charge in [0.1, 0.15) is 23.8 Å². The van der Waals surface area contributed by atoms with Gasteiger partial charge in [0.25, 0.3) is 0 Å². The summed E-state index contributed by atoms with van der Waals surface area (Å²) in [4.78, 5) is 36.1. The fourth-order valence-corrected chi connectivity index (χ4v) is 4.07. The van der Waals surface area contributed by atoms with Crippen LogP contribution in [0.2, 0.25) is 5.02 Å². The van der Waals surface area contributed by atoms with Gasteiger partial charge in [-0.05, 0) is 31.2 Å². The minimum Gasteiger partial charge on any atom is -0.463 e. The Balaban J connectivity index is 1.54. The van der Waals surface area contributed by atoms with Gasteiger partial charge in [0.05, 0.1) is 12.1 Å². The van der Waals surface area contributed by atoms with Gasteiger partial charge in [-0.1, -0.05) is 11.6 Å². The fourth-order valence-electron chi connectivity index (χ4n) is 3.80. The van der Waals surface area contributed by atoms with E-state index in [9.17, 15) is 18.4 Å². The Morgan fingerprint density at radius 1 is 1.06 bits per heavy atom. The van der Waals surface area contributed by atoms with Gasteiger partial charge in [-0.15, -0.1) is 0 Å². The fraction of sp³-hybridized carbons (Fsp3) is 0.250. The SMILES string of the molecule is CCOC(=O)/C=C/C(=O)N1CCN(c2ncnc3cc(-c4ccc(F)cc4F)c(Cl)cc23)CC1. The van der Waals surface area contributed by atoms with Crippen LogP contribution in [0.4, 0.5) is 14.6 Å². The van der Waals surface area contributed by atoms with Crippen molar-refractivity contribution in [3.63, 3.8) is 0 Å². The highest BCUT2D eigenvalue weighted by Gasteiger charge is 2.23. The highest BCUT2D eigenvalue weighted by molar-refractivity contribution is 6.34. The number of fused-ring (bicyclic) bond motifs is 1. The van der Waals surface area contributed by atoms with Gasteiger partial charge in [-0.3, -0.25) is 4.79 Å². The summed E-state index contributed by atoms with van der Waals surface area (Å²) in [6.45, 7) is 3.83. The number of carbonyl (C=O) groups excluding carboxylic acids is 2. The smallest absolute Gasteiger partial charge is 0.330 e. The number of amides is 1. The molecule has 1 aliphatic rings. The number of nitrogens with zero attached hydrogens (tertiary/aromatic N) is 4. The second kappa shape index (κ2) is 10.1. The standard InChI is InChI=1S/C24H21ClF2N4O3/c1-2-34-23(33)6-5-22(32)30-7-9-31(10-8-30)24-18-12-19(25)17(13-21(18)28-14-29-24)16-4-3-15(26)11-20(16)27/h3-6,11-14H,2,7-10H2,1H3/b6-5+. The lowest BCUT2D eigenvalue weighted by atomic mass is 10.0. The molecule has 1 aromatic heterocycles. The molecular formula is C24H21ClF2N4O3. The highest BCUT2D eigenvalue weighted by atomic mass is 35.5. The molecule has 0 radical (unpaired) electrons. The van der Waals surface area contributed by atoms with Crippen molar-refractivity contribution >= 4 is 40.2 Å². The summed E-state index contributed by atoms with van der Waals surface area (Å²) in [5.74, 6) is -1.56. The van der Waals surface area contributed by atoms with Crippen molar-refractivity contribution in [3.8, 4) is 11.1 Å². The van der Waals surface area contributed by atoms with E-state index in [1.807, 2.05) is 4.90 Å². The first kappa shape index (κ1) is 23.6. The zero-order chi connectivity index (χ0) is 24.2. The maximum atomic E-state index is 14.3. The molecule has 2 aromatic carbocycles. The number of aromatic nitrogens is 2. The molecular weight excluding hydrogens is 466 g/mol. The van der Waals surface area contributed by atoms with Gasteiger partial charge in [0.15, 0.2) is 0 Å². The van der Waals surface area contributed by atoms with E-state index in [2.05, 4.69) is 9.97 Å². The van der Waals surface area contributed by atoms with Gasteiger partial charge in [-0.2, -0.15) is 0 Å². The quantitative estimate of drug-likeness (QED) is 0.401. The minimum absolute atomic E-state index is 0.177. The summed E-state index contributed by atoms with van der Waals surface area (Å²) >= 11 is 6.48. The zero-order valence-electron chi connectivity index (χ0n) is 18.3. The number of anilines is 1. The molecule has 0 saturated carbocycles. The topological polar surface area (TPSA) is 75.6 Å². The molecule has 176 valence electrons. The molecule has 0 unspecified atom stereocenters. The number of hydrogen-bond donors (Lipinski definition) is 0. The van der Waals surface area contributed by atoms with Crippen molar-refractivity contribution < 1.29 is 23.1 Å². The third kappa shape index (κ3) is 4.99. The number of piperazine rings is 1. The van der Waals surface area contributed by atoms with E-state index in [-0.39, 0.29) is 23.1 Å². The average molecular weight is 487 g/mol. The second-order valence-electron chi connectivity index (χ2n) is 7.57. The predicted molar refractivity (Wildman–Crippen MR) is 124 cm³/mol. The lowest BCUT2D eigenvalue weighted by Gasteiger charge is -2.35. The Labute approximate surface area is 199 Å². The van der Waals surface area contributed by atoms with Gasteiger partial charge in [-0.25, -0.2) is 23.5 Å². The van der Waals surface area contributed by atoms with Gasteiger partial charge >= 0.3 is 5.97 Å². The Hall–Kier alpha value is -3.59. The monoisotopic (exact) mass is 486 g/mol. The van der Waals surface area contributed by atoms with Crippen LogP contribution >= 0.6 is 11.6 Å². The molecule has 0 bridgehead atoms. The molecule has 4 rings (SSSR count). The summed E-state index contributed by atoms with van der Waals surface area (Å²) in [5, 5.41) is 0.965. The molecule has 0 atom stereocenters. The average Bonchev–Trinajstić information content (AvgIpc) is 2.82. The Morgan fingerprint density at radius 2 is 1.82 bits per heavy atom. The molecule has 1 amide bonds. The van der Waals surface area contributed by atoms with E-state index in [4.69, 9.17) is 16.3 Å². The van der Waals surface area contributed by atoms with E-state index in [1.165, 1.54) is 24.5 Å². The highest BCUT2D eigenvalue weighted by Crippen LogP contribution is 2.36. The third-order valence-electron chi connectivity index (χ3n) is 5.46. The maximum Gasteiger partial charge on any atom is 0.330 e. The molecule has 1 fully saturated rings. The molecule has 7 nitrogen and oxygen atoms in total. The summed E-state index contributed by atoms with van der Waals surface area (Å²) in [6, 6.07) is 6.65. The molecule has 0 N–H and O–H groups in total. The number of carbonyl (C=O) groups is 2. The summed E-state index contributed by atoms with van der Waals surface area (Å²) in [7, 11) is 0. The largest absolute Gasteiger partial charge is 0.463 e. The van der Waals surface area contributed by atoms with Crippen molar-refractivity contribution in [3.05, 3.63) is 65.5 Å². The number of ether oxygens (including phenoxy) is 1. The van der Waals surface area contributed by atoms with Crippen LogP contribution in [0, 0.1) is 11.6 Å². The van der Waals surface area contributed by atoms with E-state index >= 15 is 0 Å². The van der Waals surface area contributed by atoms with Crippen molar-refractivity contribution in [2.24, 2.45) is 0 Å². The number of halogens is 3. The molecule has 34 heavy (non-hydrogen) atoms. The van der Waals surface area contributed by atoms with Crippen molar-refractivity contribution in [1.29, 1.82) is 0 Å². The van der Waals surface area contributed by atoms with Crippen LogP contribution in [-0.2, 0) is 14.3 Å². The zero-order valence-corrected chi connectivity index (χ0v) is 19.1.